The summed E-state index contributed by atoms with van der Waals surface area (Å²) in [6, 6.07) is 0. The molecule has 1 fully saturated rings. The predicted molar refractivity (Wildman–Crippen MR) is 72.9 cm³/mol. The van der Waals surface area contributed by atoms with Gasteiger partial charge in [-0.3, -0.25) is 0 Å². The second-order valence-electron chi connectivity index (χ2n) is 4.18. The van der Waals surface area contributed by atoms with Crippen LogP contribution in [0.5, 0.6) is 0 Å². The molecular weight excluding hydrogens is 300 g/mol. The number of aromatic nitrogens is 2. The summed E-state index contributed by atoms with van der Waals surface area (Å²) in [5.74, 6) is 1.50. The minimum atomic E-state index is -0.260. The van der Waals surface area contributed by atoms with Gasteiger partial charge in [0.15, 0.2) is 0 Å². The predicted octanol–water partition coefficient (Wildman–Crippen LogP) is 1.50. The van der Waals surface area contributed by atoms with Gasteiger partial charge in [-0.1, -0.05) is 0 Å². The van der Waals surface area contributed by atoms with Gasteiger partial charge in [0.1, 0.15) is 28.0 Å². The topological polar surface area (TPSA) is 68.3 Å². The lowest BCUT2D eigenvalue weighted by atomic mass is 10.0. The van der Waals surface area contributed by atoms with Crippen molar-refractivity contribution in [1.29, 1.82) is 0 Å². The lowest BCUT2D eigenvalue weighted by Gasteiger charge is -2.26. The molecule has 1 aliphatic heterocycles. The van der Waals surface area contributed by atoms with Crippen LogP contribution in [0.3, 0.4) is 0 Å². The minimum absolute atomic E-state index is 0.260. The van der Waals surface area contributed by atoms with Crippen molar-refractivity contribution in [2.75, 3.05) is 44.5 Å². The molecular formula is C11H17BrN4O2. The Bertz CT molecular complexity index is 410. The van der Waals surface area contributed by atoms with Crippen LogP contribution in [0.2, 0.25) is 0 Å². The van der Waals surface area contributed by atoms with Crippen LogP contribution in [0.4, 0.5) is 11.6 Å². The molecule has 0 aliphatic carbocycles. The highest BCUT2D eigenvalue weighted by atomic mass is 79.9. The first kappa shape index (κ1) is 13.5. The summed E-state index contributed by atoms with van der Waals surface area (Å²) < 4.78 is 11.8. The van der Waals surface area contributed by atoms with Crippen LogP contribution >= 0.6 is 15.9 Å². The number of ether oxygens (including phenoxy) is 2. The number of hydrogen-bond donors (Lipinski definition) is 2. The van der Waals surface area contributed by atoms with Crippen molar-refractivity contribution in [3.05, 3.63) is 10.8 Å². The molecule has 2 N–H and O–H groups in total. The Kier molecular flexibility index (Phi) is 4.36. The summed E-state index contributed by atoms with van der Waals surface area (Å²) in [6.45, 7) is 2.00. The van der Waals surface area contributed by atoms with Crippen molar-refractivity contribution in [3.63, 3.8) is 0 Å². The standard InChI is InChI=1S/C11H17BrN4O2/c1-13-9-8(12)10(16-7-15-9)14-5-11(17-2)3-4-18-6-11/h7H,3-6H2,1-2H3,(H2,13,14,15,16). The van der Waals surface area contributed by atoms with Crippen molar-refractivity contribution < 1.29 is 9.47 Å². The van der Waals surface area contributed by atoms with E-state index in [2.05, 4.69) is 36.5 Å². The van der Waals surface area contributed by atoms with E-state index in [0.717, 1.165) is 29.1 Å². The molecule has 1 atom stereocenters. The molecule has 1 aromatic rings. The summed E-state index contributed by atoms with van der Waals surface area (Å²) in [5, 5.41) is 6.27. The van der Waals surface area contributed by atoms with Gasteiger partial charge >= 0.3 is 0 Å². The zero-order valence-corrected chi connectivity index (χ0v) is 12.1. The maximum atomic E-state index is 5.56. The minimum Gasteiger partial charge on any atom is -0.378 e. The van der Waals surface area contributed by atoms with E-state index >= 15 is 0 Å². The van der Waals surface area contributed by atoms with Crippen molar-refractivity contribution >= 4 is 27.6 Å². The molecule has 0 radical (unpaired) electrons. The van der Waals surface area contributed by atoms with Crippen LogP contribution in [0, 0.1) is 0 Å². The lowest BCUT2D eigenvalue weighted by Crippen LogP contribution is -2.39. The molecule has 6 nitrogen and oxygen atoms in total. The van der Waals surface area contributed by atoms with Gasteiger partial charge in [0.05, 0.1) is 6.61 Å². The second kappa shape index (κ2) is 5.81. The van der Waals surface area contributed by atoms with Gasteiger partial charge in [0.2, 0.25) is 0 Å². The van der Waals surface area contributed by atoms with Gasteiger partial charge in [-0.05, 0) is 15.9 Å². The Balaban J connectivity index is 2.05. The molecule has 100 valence electrons. The first-order chi connectivity index (χ1) is 8.71. The monoisotopic (exact) mass is 316 g/mol. The zero-order valence-electron chi connectivity index (χ0n) is 10.5. The third kappa shape index (κ3) is 2.73. The van der Waals surface area contributed by atoms with E-state index in [0.29, 0.717) is 13.2 Å². The maximum absolute atomic E-state index is 5.56. The average Bonchev–Trinajstić information content (AvgIpc) is 2.87. The Morgan fingerprint density at radius 2 is 2.28 bits per heavy atom. The third-order valence-corrected chi connectivity index (χ3v) is 3.86. The Hall–Kier alpha value is -0.920. The van der Waals surface area contributed by atoms with E-state index in [-0.39, 0.29) is 5.60 Å². The first-order valence-electron chi connectivity index (χ1n) is 5.76. The second-order valence-corrected chi connectivity index (χ2v) is 4.97. The van der Waals surface area contributed by atoms with Gasteiger partial charge in [0.25, 0.3) is 0 Å². The fourth-order valence-electron chi connectivity index (χ4n) is 1.87. The molecule has 0 aromatic carbocycles. The molecule has 0 spiro atoms. The maximum Gasteiger partial charge on any atom is 0.146 e. The number of nitrogens with zero attached hydrogens (tertiary/aromatic N) is 2. The summed E-state index contributed by atoms with van der Waals surface area (Å²) in [4.78, 5) is 8.32. The van der Waals surface area contributed by atoms with Crippen molar-refractivity contribution in [2.45, 2.75) is 12.0 Å². The molecule has 0 bridgehead atoms. The van der Waals surface area contributed by atoms with Crippen molar-refractivity contribution in [2.24, 2.45) is 0 Å². The van der Waals surface area contributed by atoms with Crippen LogP contribution < -0.4 is 10.6 Å². The van der Waals surface area contributed by atoms with Gasteiger partial charge in [0, 0.05) is 33.7 Å². The smallest absolute Gasteiger partial charge is 0.146 e. The molecule has 1 aliphatic rings. The largest absolute Gasteiger partial charge is 0.378 e. The van der Waals surface area contributed by atoms with Crippen LogP contribution in [0.15, 0.2) is 10.8 Å². The highest BCUT2D eigenvalue weighted by molar-refractivity contribution is 9.10. The molecule has 2 rings (SSSR count). The number of halogens is 1. The van der Waals surface area contributed by atoms with Crippen LogP contribution in [-0.2, 0) is 9.47 Å². The Morgan fingerprint density at radius 3 is 2.89 bits per heavy atom. The quantitative estimate of drug-likeness (QED) is 0.858. The van der Waals surface area contributed by atoms with Crippen molar-refractivity contribution in [1.82, 2.24) is 9.97 Å². The molecule has 0 amide bonds. The van der Waals surface area contributed by atoms with E-state index in [1.807, 2.05) is 7.05 Å². The van der Waals surface area contributed by atoms with Crippen LogP contribution in [0.1, 0.15) is 6.42 Å². The molecule has 1 saturated heterocycles. The molecule has 2 heterocycles. The lowest BCUT2D eigenvalue weighted by molar-refractivity contribution is -0.00626. The molecule has 7 heteroatoms. The number of hydrogen-bond acceptors (Lipinski definition) is 6. The van der Waals surface area contributed by atoms with E-state index in [9.17, 15) is 0 Å². The van der Waals surface area contributed by atoms with Gasteiger partial charge < -0.3 is 20.1 Å². The summed E-state index contributed by atoms with van der Waals surface area (Å²) in [6.07, 6.45) is 2.40. The summed E-state index contributed by atoms with van der Waals surface area (Å²) >= 11 is 3.47. The highest BCUT2D eigenvalue weighted by Crippen LogP contribution is 2.28. The van der Waals surface area contributed by atoms with E-state index < -0.39 is 0 Å². The normalized spacial score (nSPS) is 23.1. The number of anilines is 2. The van der Waals surface area contributed by atoms with Gasteiger partial charge in [-0.15, -0.1) is 0 Å². The molecule has 0 saturated carbocycles. The van der Waals surface area contributed by atoms with E-state index in [1.165, 1.54) is 6.33 Å². The molecule has 1 aromatic heterocycles. The van der Waals surface area contributed by atoms with E-state index in [4.69, 9.17) is 9.47 Å². The Labute approximate surface area is 115 Å². The SMILES string of the molecule is CNc1ncnc(NCC2(OC)CCOC2)c1Br. The summed E-state index contributed by atoms with van der Waals surface area (Å²) in [7, 11) is 3.53. The third-order valence-electron chi connectivity index (χ3n) is 3.10. The van der Waals surface area contributed by atoms with Gasteiger partial charge in [-0.25, -0.2) is 9.97 Å². The van der Waals surface area contributed by atoms with E-state index in [1.54, 1.807) is 7.11 Å². The molecule has 1 unspecified atom stereocenters. The number of methoxy groups -OCH3 is 1. The average molecular weight is 317 g/mol. The first-order valence-corrected chi connectivity index (χ1v) is 6.55. The van der Waals surface area contributed by atoms with Gasteiger partial charge in [-0.2, -0.15) is 0 Å². The fraction of sp³-hybridized carbons (Fsp3) is 0.636. The summed E-state index contributed by atoms with van der Waals surface area (Å²) in [5.41, 5.74) is -0.260. The Morgan fingerprint density at radius 1 is 1.50 bits per heavy atom. The van der Waals surface area contributed by atoms with Crippen LogP contribution in [-0.4, -0.2) is 49.5 Å². The molecule has 18 heavy (non-hydrogen) atoms. The highest BCUT2D eigenvalue weighted by Gasteiger charge is 2.35. The number of nitrogens with one attached hydrogen (secondary N) is 2. The fourth-order valence-corrected chi connectivity index (χ4v) is 2.42. The number of rotatable bonds is 5. The van der Waals surface area contributed by atoms with Crippen LogP contribution in [0.25, 0.3) is 0 Å². The van der Waals surface area contributed by atoms with Crippen molar-refractivity contribution in [3.8, 4) is 0 Å². The zero-order chi connectivity index (χ0) is 13.0.